The molecule has 0 amide bonds. The number of aryl methyl sites for hydroxylation is 1. The molecule has 104 valence electrons. The molecule has 0 fully saturated rings. The van der Waals surface area contributed by atoms with Crippen LogP contribution in [0, 0.1) is 12.3 Å². The van der Waals surface area contributed by atoms with Gasteiger partial charge >= 0.3 is 0 Å². The molecule has 0 bridgehead atoms. The van der Waals surface area contributed by atoms with Gasteiger partial charge in [0, 0.05) is 15.8 Å². The lowest BCUT2D eigenvalue weighted by atomic mass is 10.1. The van der Waals surface area contributed by atoms with E-state index in [4.69, 9.17) is 11.1 Å². The van der Waals surface area contributed by atoms with Crippen molar-refractivity contribution < 1.29 is 0 Å². The number of nitrogens with zero attached hydrogens (tertiary/aromatic N) is 1. The number of hydrogen-bond acceptors (Lipinski definition) is 3. The van der Waals surface area contributed by atoms with E-state index in [1.807, 2.05) is 36.4 Å². The fourth-order valence-corrected chi connectivity index (χ4v) is 3.18. The number of hydrogen-bond donors (Lipinski definition) is 2. The average Bonchev–Trinajstić information content (AvgIpc) is 2.46. The third-order valence-corrected chi connectivity index (χ3v) is 4.10. The van der Waals surface area contributed by atoms with Gasteiger partial charge in [0.1, 0.15) is 10.9 Å². The molecule has 0 aliphatic heterocycles. The summed E-state index contributed by atoms with van der Waals surface area (Å²) >= 11 is 1.58. The highest BCUT2D eigenvalue weighted by Crippen LogP contribution is 2.30. The molecule has 0 spiro atoms. The summed E-state index contributed by atoms with van der Waals surface area (Å²) in [5, 5.41) is 9.54. The van der Waals surface area contributed by atoms with E-state index in [9.17, 15) is 0 Å². The molecular weight excluding hydrogens is 278 g/mol. The van der Waals surface area contributed by atoms with Crippen LogP contribution in [0.2, 0.25) is 0 Å². The number of pyridine rings is 1. The molecule has 2 aromatic carbocycles. The number of rotatable bonds is 3. The predicted octanol–water partition coefficient (Wildman–Crippen LogP) is 3.98. The van der Waals surface area contributed by atoms with Gasteiger partial charge in [-0.25, -0.2) is 4.98 Å². The summed E-state index contributed by atoms with van der Waals surface area (Å²) in [7, 11) is 0. The smallest absolute Gasteiger partial charge is 0.123 e. The van der Waals surface area contributed by atoms with E-state index in [1.54, 1.807) is 11.8 Å². The fraction of sp³-hybridized carbons (Fsp3) is 0.0588. The SMILES string of the molecule is Cc1cccc(Sc2cc(C(=N)N)c3ccccc3n2)c1. The van der Waals surface area contributed by atoms with Crippen molar-refractivity contribution in [2.24, 2.45) is 5.73 Å². The monoisotopic (exact) mass is 293 g/mol. The van der Waals surface area contributed by atoms with Gasteiger partial charge in [0.25, 0.3) is 0 Å². The maximum absolute atomic E-state index is 7.77. The van der Waals surface area contributed by atoms with Gasteiger partial charge in [-0.2, -0.15) is 0 Å². The van der Waals surface area contributed by atoms with Crippen LogP contribution in [0.1, 0.15) is 11.1 Å². The number of para-hydroxylation sites is 1. The zero-order chi connectivity index (χ0) is 14.8. The molecule has 0 aliphatic rings. The lowest BCUT2D eigenvalue weighted by Gasteiger charge is -2.08. The lowest BCUT2D eigenvalue weighted by Crippen LogP contribution is -2.12. The summed E-state index contributed by atoms with van der Waals surface area (Å²) in [6.45, 7) is 2.07. The molecular formula is C17H15N3S. The van der Waals surface area contributed by atoms with E-state index in [1.165, 1.54) is 5.56 Å². The van der Waals surface area contributed by atoms with Crippen LogP contribution in [0.15, 0.2) is 64.5 Å². The zero-order valence-corrected chi connectivity index (χ0v) is 12.4. The second-order valence-electron chi connectivity index (χ2n) is 4.86. The Balaban J connectivity index is 2.09. The predicted molar refractivity (Wildman–Crippen MR) is 88.1 cm³/mol. The molecule has 1 aromatic heterocycles. The molecule has 3 aromatic rings. The standard InChI is InChI=1S/C17H15N3S/c1-11-5-4-6-12(9-11)21-16-10-14(17(18)19)13-7-2-3-8-15(13)20-16/h2-10H,1H3,(H3,18,19). The molecule has 1 heterocycles. The second kappa shape index (κ2) is 5.58. The van der Waals surface area contributed by atoms with Crippen molar-refractivity contribution in [3.63, 3.8) is 0 Å². The van der Waals surface area contributed by atoms with Crippen LogP contribution >= 0.6 is 11.8 Å². The minimum absolute atomic E-state index is 0.0692. The Morgan fingerprint density at radius 2 is 1.90 bits per heavy atom. The Hall–Kier alpha value is -2.33. The Morgan fingerprint density at radius 1 is 1.10 bits per heavy atom. The van der Waals surface area contributed by atoms with Gasteiger partial charge in [-0.3, -0.25) is 5.41 Å². The van der Waals surface area contributed by atoms with Crippen LogP contribution in [0.25, 0.3) is 10.9 Å². The third-order valence-electron chi connectivity index (χ3n) is 3.19. The van der Waals surface area contributed by atoms with E-state index in [-0.39, 0.29) is 5.84 Å². The summed E-state index contributed by atoms with van der Waals surface area (Å²) in [4.78, 5) is 5.79. The van der Waals surface area contributed by atoms with Gasteiger partial charge in [0.05, 0.1) is 5.52 Å². The molecule has 0 aliphatic carbocycles. The Kier molecular flexibility index (Phi) is 3.62. The average molecular weight is 293 g/mol. The number of nitrogen functional groups attached to an aromatic ring is 1. The van der Waals surface area contributed by atoms with Crippen LogP contribution in [0.3, 0.4) is 0 Å². The van der Waals surface area contributed by atoms with Crippen molar-refractivity contribution in [2.75, 3.05) is 0 Å². The molecule has 0 atom stereocenters. The van der Waals surface area contributed by atoms with Gasteiger partial charge < -0.3 is 5.73 Å². The molecule has 0 radical (unpaired) electrons. The van der Waals surface area contributed by atoms with Crippen molar-refractivity contribution in [2.45, 2.75) is 16.8 Å². The molecule has 21 heavy (non-hydrogen) atoms. The molecule has 3 N–H and O–H groups in total. The molecule has 3 nitrogen and oxygen atoms in total. The fourth-order valence-electron chi connectivity index (χ4n) is 2.23. The first-order valence-corrected chi connectivity index (χ1v) is 7.44. The number of fused-ring (bicyclic) bond motifs is 1. The normalized spacial score (nSPS) is 10.7. The van der Waals surface area contributed by atoms with Gasteiger partial charge in [-0.1, -0.05) is 47.7 Å². The largest absolute Gasteiger partial charge is 0.384 e. The highest BCUT2D eigenvalue weighted by atomic mass is 32.2. The highest BCUT2D eigenvalue weighted by Gasteiger charge is 2.09. The van der Waals surface area contributed by atoms with Gasteiger partial charge in [0.15, 0.2) is 0 Å². The third kappa shape index (κ3) is 2.90. The minimum atomic E-state index is 0.0692. The number of aromatic nitrogens is 1. The summed E-state index contributed by atoms with van der Waals surface area (Å²) < 4.78 is 0. The van der Waals surface area contributed by atoms with Crippen molar-refractivity contribution in [1.29, 1.82) is 5.41 Å². The minimum Gasteiger partial charge on any atom is -0.384 e. The number of amidine groups is 1. The maximum atomic E-state index is 7.77. The van der Waals surface area contributed by atoms with E-state index in [0.29, 0.717) is 0 Å². The van der Waals surface area contributed by atoms with E-state index in [0.717, 1.165) is 26.4 Å². The first-order valence-electron chi connectivity index (χ1n) is 6.62. The van der Waals surface area contributed by atoms with Crippen LogP contribution in [-0.4, -0.2) is 10.8 Å². The topological polar surface area (TPSA) is 62.8 Å². The van der Waals surface area contributed by atoms with E-state index < -0.39 is 0 Å². The summed E-state index contributed by atoms with van der Waals surface area (Å²) in [6, 6.07) is 17.9. The maximum Gasteiger partial charge on any atom is 0.123 e. The lowest BCUT2D eigenvalue weighted by molar-refractivity contribution is 1.18. The Bertz CT molecular complexity index is 827. The van der Waals surface area contributed by atoms with Crippen molar-refractivity contribution in [3.8, 4) is 0 Å². The molecule has 0 saturated heterocycles. The summed E-state index contributed by atoms with van der Waals surface area (Å²) in [5.74, 6) is 0.0692. The van der Waals surface area contributed by atoms with Crippen molar-refractivity contribution >= 4 is 28.5 Å². The van der Waals surface area contributed by atoms with E-state index >= 15 is 0 Å². The van der Waals surface area contributed by atoms with Gasteiger partial charge in [-0.05, 0) is 31.2 Å². The summed E-state index contributed by atoms with van der Waals surface area (Å²) in [5.41, 5.74) is 8.52. The number of nitrogens with two attached hydrogens (primary N) is 1. The summed E-state index contributed by atoms with van der Waals surface area (Å²) in [6.07, 6.45) is 0. The van der Waals surface area contributed by atoms with Crippen LogP contribution in [0.4, 0.5) is 0 Å². The second-order valence-corrected chi connectivity index (χ2v) is 5.95. The number of benzene rings is 2. The van der Waals surface area contributed by atoms with Crippen LogP contribution in [0.5, 0.6) is 0 Å². The van der Waals surface area contributed by atoms with Gasteiger partial charge in [-0.15, -0.1) is 0 Å². The quantitative estimate of drug-likeness (QED) is 0.567. The van der Waals surface area contributed by atoms with Crippen molar-refractivity contribution in [3.05, 3.63) is 65.7 Å². The van der Waals surface area contributed by atoms with Crippen LogP contribution < -0.4 is 5.73 Å². The highest BCUT2D eigenvalue weighted by molar-refractivity contribution is 7.99. The van der Waals surface area contributed by atoms with Gasteiger partial charge in [0.2, 0.25) is 0 Å². The zero-order valence-electron chi connectivity index (χ0n) is 11.6. The molecule has 0 saturated carbocycles. The van der Waals surface area contributed by atoms with E-state index in [2.05, 4.69) is 30.1 Å². The van der Waals surface area contributed by atoms with Crippen molar-refractivity contribution in [1.82, 2.24) is 4.98 Å². The Labute approximate surface area is 127 Å². The molecule has 3 rings (SSSR count). The Morgan fingerprint density at radius 3 is 2.67 bits per heavy atom. The first-order chi connectivity index (χ1) is 10.1. The van der Waals surface area contributed by atoms with Crippen LogP contribution in [-0.2, 0) is 0 Å². The number of nitrogens with one attached hydrogen (secondary N) is 1. The molecule has 0 unspecified atom stereocenters. The first kappa shape index (κ1) is 13.6. The molecule has 4 heteroatoms.